The van der Waals surface area contributed by atoms with Crippen LogP contribution in [0.4, 0.5) is 5.69 Å². The van der Waals surface area contributed by atoms with Crippen molar-refractivity contribution >= 4 is 11.6 Å². The molecule has 1 aromatic carbocycles. The third kappa shape index (κ3) is 4.62. The van der Waals surface area contributed by atoms with Crippen molar-refractivity contribution in [1.29, 1.82) is 0 Å². The van der Waals surface area contributed by atoms with Crippen molar-refractivity contribution in [2.75, 3.05) is 33.3 Å². The molecule has 144 valence electrons. The highest BCUT2D eigenvalue weighted by atomic mass is 16.6. The van der Waals surface area contributed by atoms with Gasteiger partial charge >= 0.3 is 5.69 Å². The first-order chi connectivity index (χ1) is 13.0. The number of piperazine rings is 1. The molecule has 1 aromatic heterocycles. The van der Waals surface area contributed by atoms with Gasteiger partial charge in [0.05, 0.1) is 12.0 Å². The smallest absolute Gasteiger partial charge is 0.309 e. The van der Waals surface area contributed by atoms with E-state index in [1.165, 1.54) is 16.4 Å². The minimum atomic E-state index is -0.485. The largest absolute Gasteiger partial charge is 0.497 e. The van der Waals surface area contributed by atoms with E-state index in [4.69, 9.17) is 4.74 Å². The quantitative estimate of drug-likeness (QED) is 0.562. The molecule has 1 aliphatic rings. The molecule has 1 aliphatic heterocycles. The Balaban J connectivity index is 1.51. The van der Waals surface area contributed by atoms with Gasteiger partial charge in [0.2, 0.25) is 5.91 Å². The Kier molecular flexibility index (Phi) is 5.70. The SMILES string of the molecule is COc1cccc(CN2CCN(C(=O)Cn3cc([N+](=O)[O-])c(C)n3)CC2)c1. The van der Waals surface area contributed by atoms with Crippen molar-refractivity contribution in [3.63, 3.8) is 0 Å². The summed E-state index contributed by atoms with van der Waals surface area (Å²) in [5, 5.41) is 15.0. The van der Waals surface area contributed by atoms with E-state index in [1.807, 2.05) is 18.2 Å². The Labute approximate surface area is 157 Å². The molecule has 27 heavy (non-hydrogen) atoms. The first-order valence-corrected chi connectivity index (χ1v) is 8.78. The van der Waals surface area contributed by atoms with Gasteiger partial charge in [-0.15, -0.1) is 0 Å². The van der Waals surface area contributed by atoms with Gasteiger partial charge in [0.15, 0.2) is 0 Å². The molecule has 0 bridgehead atoms. The number of ether oxygens (including phenoxy) is 1. The summed E-state index contributed by atoms with van der Waals surface area (Å²) >= 11 is 0. The van der Waals surface area contributed by atoms with Gasteiger partial charge in [0.25, 0.3) is 0 Å². The van der Waals surface area contributed by atoms with Crippen LogP contribution in [-0.4, -0.2) is 63.7 Å². The number of methoxy groups -OCH3 is 1. The number of aryl methyl sites for hydroxylation is 1. The van der Waals surface area contributed by atoms with E-state index >= 15 is 0 Å². The van der Waals surface area contributed by atoms with Crippen LogP contribution in [0.15, 0.2) is 30.5 Å². The molecule has 1 fully saturated rings. The molecule has 0 N–H and O–H groups in total. The van der Waals surface area contributed by atoms with Crippen LogP contribution in [0.25, 0.3) is 0 Å². The van der Waals surface area contributed by atoms with Crippen molar-refractivity contribution in [2.24, 2.45) is 0 Å². The molecule has 0 saturated carbocycles. The minimum Gasteiger partial charge on any atom is -0.497 e. The second kappa shape index (κ2) is 8.17. The van der Waals surface area contributed by atoms with Crippen molar-refractivity contribution in [2.45, 2.75) is 20.0 Å². The Morgan fingerprint density at radius 3 is 2.67 bits per heavy atom. The summed E-state index contributed by atoms with van der Waals surface area (Å²) in [7, 11) is 1.65. The van der Waals surface area contributed by atoms with Gasteiger partial charge in [-0.2, -0.15) is 5.10 Å². The van der Waals surface area contributed by atoms with Gasteiger partial charge in [-0.05, 0) is 24.6 Å². The average Bonchev–Trinajstić information content (AvgIpc) is 3.03. The van der Waals surface area contributed by atoms with E-state index in [9.17, 15) is 14.9 Å². The Hall–Kier alpha value is -2.94. The average molecular weight is 373 g/mol. The van der Waals surface area contributed by atoms with Gasteiger partial charge in [-0.3, -0.25) is 24.5 Å². The summed E-state index contributed by atoms with van der Waals surface area (Å²) in [6.45, 7) is 5.21. The molecule has 1 amide bonds. The van der Waals surface area contributed by atoms with Crippen molar-refractivity contribution in [3.8, 4) is 5.75 Å². The van der Waals surface area contributed by atoms with E-state index in [1.54, 1.807) is 18.9 Å². The van der Waals surface area contributed by atoms with Gasteiger partial charge < -0.3 is 9.64 Å². The summed E-state index contributed by atoms with van der Waals surface area (Å²) in [6.07, 6.45) is 1.31. The number of rotatable bonds is 6. The predicted octanol–water partition coefficient (Wildman–Crippen LogP) is 1.45. The number of nitrogens with zero attached hydrogens (tertiary/aromatic N) is 5. The van der Waals surface area contributed by atoms with Crippen LogP contribution >= 0.6 is 0 Å². The van der Waals surface area contributed by atoms with Gasteiger partial charge in [0, 0.05) is 32.7 Å². The number of carbonyl (C=O) groups is 1. The molecule has 3 rings (SSSR count). The van der Waals surface area contributed by atoms with E-state index in [-0.39, 0.29) is 18.1 Å². The molecule has 9 heteroatoms. The normalized spacial score (nSPS) is 15.0. The van der Waals surface area contributed by atoms with Crippen molar-refractivity contribution in [1.82, 2.24) is 19.6 Å². The van der Waals surface area contributed by atoms with Crippen LogP contribution in [0.2, 0.25) is 0 Å². The monoisotopic (exact) mass is 373 g/mol. The zero-order valence-electron chi connectivity index (χ0n) is 15.5. The Morgan fingerprint density at radius 2 is 2.04 bits per heavy atom. The third-order valence-corrected chi connectivity index (χ3v) is 4.68. The maximum atomic E-state index is 12.5. The number of nitro groups is 1. The Morgan fingerprint density at radius 1 is 1.30 bits per heavy atom. The Bertz CT molecular complexity index is 827. The number of aromatic nitrogens is 2. The van der Waals surface area contributed by atoms with Crippen molar-refractivity contribution < 1.29 is 14.5 Å². The highest BCUT2D eigenvalue weighted by molar-refractivity contribution is 5.76. The van der Waals surface area contributed by atoms with Crippen molar-refractivity contribution in [3.05, 3.63) is 51.8 Å². The predicted molar refractivity (Wildman–Crippen MR) is 98.5 cm³/mol. The topological polar surface area (TPSA) is 93.7 Å². The maximum absolute atomic E-state index is 12.5. The highest BCUT2D eigenvalue weighted by Crippen LogP contribution is 2.17. The molecule has 0 radical (unpaired) electrons. The van der Waals surface area contributed by atoms with Crippen LogP contribution in [0.1, 0.15) is 11.3 Å². The maximum Gasteiger partial charge on any atom is 0.309 e. The minimum absolute atomic E-state index is 0.0184. The number of benzene rings is 1. The highest BCUT2D eigenvalue weighted by Gasteiger charge is 2.23. The molecule has 0 aliphatic carbocycles. The standard InChI is InChI=1S/C18H23N5O4/c1-14-17(23(25)26)12-22(19-14)13-18(24)21-8-6-20(7-9-21)11-15-4-3-5-16(10-15)27-2/h3-5,10,12H,6-9,11,13H2,1-2H3. The number of amides is 1. The second-order valence-corrected chi connectivity index (χ2v) is 6.56. The van der Waals surface area contributed by atoms with Gasteiger partial charge in [0.1, 0.15) is 24.2 Å². The third-order valence-electron chi connectivity index (χ3n) is 4.68. The lowest BCUT2D eigenvalue weighted by atomic mass is 10.2. The molecule has 0 spiro atoms. The fraction of sp³-hybridized carbons (Fsp3) is 0.444. The van der Waals surface area contributed by atoms with E-state index < -0.39 is 4.92 Å². The fourth-order valence-corrected chi connectivity index (χ4v) is 3.19. The molecular weight excluding hydrogens is 350 g/mol. The molecule has 1 saturated heterocycles. The number of hydrogen-bond acceptors (Lipinski definition) is 6. The molecular formula is C18H23N5O4. The summed E-state index contributed by atoms with van der Waals surface area (Å²) in [5.41, 5.74) is 1.43. The van der Waals surface area contributed by atoms with E-state index in [2.05, 4.69) is 16.1 Å². The fourth-order valence-electron chi connectivity index (χ4n) is 3.19. The van der Waals surface area contributed by atoms with Crippen LogP contribution in [0, 0.1) is 17.0 Å². The van der Waals surface area contributed by atoms with Crippen LogP contribution in [0.5, 0.6) is 5.75 Å². The lowest BCUT2D eigenvalue weighted by Gasteiger charge is -2.34. The summed E-state index contributed by atoms with van der Waals surface area (Å²) < 4.78 is 6.60. The molecule has 2 heterocycles. The molecule has 9 nitrogen and oxygen atoms in total. The summed E-state index contributed by atoms with van der Waals surface area (Å²) in [4.78, 5) is 26.9. The summed E-state index contributed by atoms with van der Waals surface area (Å²) in [5.74, 6) is 0.762. The van der Waals surface area contributed by atoms with E-state index in [0.717, 1.165) is 25.4 Å². The van der Waals surface area contributed by atoms with Crippen LogP contribution in [-0.2, 0) is 17.9 Å². The van der Waals surface area contributed by atoms with Gasteiger partial charge in [-0.25, -0.2) is 0 Å². The van der Waals surface area contributed by atoms with E-state index in [0.29, 0.717) is 18.8 Å². The zero-order valence-corrected chi connectivity index (χ0v) is 15.5. The molecule has 0 atom stereocenters. The lowest BCUT2D eigenvalue weighted by Crippen LogP contribution is -2.49. The molecule has 2 aromatic rings. The van der Waals surface area contributed by atoms with Crippen LogP contribution < -0.4 is 4.74 Å². The van der Waals surface area contributed by atoms with Crippen LogP contribution in [0.3, 0.4) is 0 Å². The second-order valence-electron chi connectivity index (χ2n) is 6.56. The first kappa shape index (κ1) is 18.8. The first-order valence-electron chi connectivity index (χ1n) is 8.78. The zero-order chi connectivity index (χ0) is 19.4. The van der Waals surface area contributed by atoms with Gasteiger partial charge in [-0.1, -0.05) is 12.1 Å². The number of carbonyl (C=O) groups excluding carboxylic acids is 1. The molecule has 0 unspecified atom stereocenters. The summed E-state index contributed by atoms with van der Waals surface area (Å²) in [6, 6.07) is 7.97. The lowest BCUT2D eigenvalue weighted by molar-refractivity contribution is -0.385. The number of hydrogen-bond donors (Lipinski definition) is 0.